The molecule has 0 spiro atoms. The number of thioether (sulfide) groups is 1. The van der Waals surface area contributed by atoms with Crippen LogP contribution in [0, 0.1) is 0 Å². The standard InChI is InChI=1S/5C8H9BO.C4H10.C3H9N.2C2H6O.C2H6S.5C2H6.CH4/c5*10-9-6-5-7-3-1-2-4-8(7)9;1-3-4-2;1-4(2)3;1-3-2;1-2-3;1-3-2;5*1-2;/h5*1-4,10H,5-6H2;3-4H2,1-2H3;1-3H3;1-2H3;3H,2H2,1H3;1-2H3;5*1-2H3;1H4. The van der Waals surface area contributed by atoms with Crippen LogP contribution in [0.5, 0.6) is 0 Å². The van der Waals surface area contributed by atoms with Crippen LogP contribution in [0.4, 0.5) is 0 Å². The van der Waals surface area contributed by atoms with Crippen molar-refractivity contribution in [3.05, 3.63) is 149 Å². The van der Waals surface area contributed by atoms with E-state index in [0.717, 1.165) is 91.0 Å². The zero-order valence-corrected chi connectivity index (χ0v) is 53.4. The van der Waals surface area contributed by atoms with Crippen molar-refractivity contribution in [3.8, 4) is 0 Å². The number of ether oxygens (including phenoxy) is 1. The molecule has 0 aromatic heterocycles. The number of benzene rings is 5. The molecule has 0 bridgehead atoms. The van der Waals surface area contributed by atoms with Gasteiger partial charge in [-0.1, -0.05) is 252 Å². The van der Waals surface area contributed by atoms with E-state index in [9.17, 15) is 25.1 Å². The SMILES string of the molecule is C.CC.CC.CC.CC.CC.CCCC.CCO.CN(C)C.COC.CSC.OB1CCc2ccccc21.OB1CCc2ccccc21.OB1CCc2ccccc21.OB1CCc2ccccc21.OB1CCc2ccccc21. The third-order valence-electron chi connectivity index (χ3n) is 11.0. The summed E-state index contributed by atoms with van der Waals surface area (Å²) in [5, 5.41) is 54.5. The molecule has 0 unspecified atom stereocenters. The van der Waals surface area contributed by atoms with Crippen LogP contribution in [0.15, 0.2) is 121 Å². The van der Waals surface area contributed by atoms with Crippen LogP contribution in [-0.2, 0) is 36.8 Å². The smallest absolute Gasteiger partial charge is 0.324 e. The molecule has 0 aliphatic carbocycles. The molecule has 440 valence electrons. The summed E-state index contributed by atoms with van der Waals surface area (Å²) in [5.41, 5.74) is 12.2. The molecule has 14 heteroatoms. The molecule has 0 radical (unpaired) electrons. The Morgan fingerprint density at radius 3 is 0.603 bits per heavy atom. The highest BCUT2D eigenvalue weighted by atomic mass is 32.2. The van der Waals surface area contributed by atoms with Crippen molar-refractivity contribution >= 4 is 73.7 Å². The maximum atomic E-state index is 9.38. The van der Waals surface area contributed by atoms with Gasteiger partial charge in [-0.25, -0.2) is 0 Å². The molecule has 5 aliphatic rings. The average molecular weight is 1100 g/mol. The first-order valence-electron chi connectivity index (χ1n) is 29.1. The number of fused-ring (bicyclic) bond motifs is 5. The van der Waals surface area contributed by atoms with Crippen molar-refractivity contribution in [3.63, 3.8) is 0 Å². The molecule has 5 aromatic carbocycles. The molecule has 8 nitrogen and oxygen atoms in total. The van der Waals surface area contributed by atoms with Crippen molar-refractivity contribution < 1.29 is 35.0 Å². The van der Waals surface area contributed by atoms with Gasteiger partial charge in [0.2, 0.25) is 0 Å². The normalized spacial score (nSPS) is 11.9. The lowest BCUT2D eigenvalue weighted by molar-refractivity contribution is 0.277. The number of aliphatic hydroxyl groups is 1. The third kappa shape index (κ3) is 39.0. The highest BCUT2D eigenvalue weighted by Crippen LogP contribution is 2.15. The van der Waals surface area contributed by atoms with Crippen LogP contribution in [0.25, 0.3) is 0 Å². The lowest BCUT2D eigenvalue weighted by Crippen LogP contribution is -2.25. The van der Waals surface area contributed by atoms with Crippen LogP contribution in [0.2, 0.25) is 31.6 Å². The fourth-order valence-electron chi connectivity index (χ4n) is 7.67. The van der Waals surface area contributed by atoms with Gasteiger partial charge in [0.25, 0.3) is 0 Å². The minimum absolute atomic E-state index is 0. The van der Waals surface area contributed by atoms with E-state index in [1.165, 1.54) is 40.7 Å². The van der Waals surface area contributed by atoms with Crippen LogP contribution in [-0.4, -0.2) is 124 Å². The predicted octanol–water partition coefficient (Wildman–Crippen LogP) is 11.2. The summed E-state index contributed by atoms with van der Waals surface area (Å²) in [6.07, 6.45) is 16.4. The van der Waals surface area contributed by atoms with E-state index in [1.54, 1.807) is 32.9 Å². The Kier molecular flexibility index (Phi) is 67.1. The van der Waals surface area contributed by atoms with E-state index in [4.69, 9.17) is 5.11 Å². The largest absolute Gasteiger partial charge is 0.446 e. The quantitative estimate of drug-likeness (QED) is 0.0908. The molecular formula is C64H116B5NO7S. The van der Waals surface area contributed by atoms with E-state index >= 15 is 0 Å². The maximum absolute atomic E-state index is 9.38. The first-order chi connectivity index (χ1) is 37.3. The average Bonchev–Trinajstić information content (AvgIpc) is 4.33. The molecule has 0 saturated carbocycles. The van der Waals surface area contributed by atoms with Crippen molar-refractivity contribution in [1.82, 2.24) is 4.90 Å². The lowest BCUT2D eigenvalue weighted by Gasteiger charge is -1.96. The summed E-state index contributed by atoms with van der Waals surface area (Å²) >= 11 is 1.75. The predicted molar refractivity (Wildman–Crippen MR) is 362 cm³/mol. The summed E-state index contributed by atoms with van der Waals surface area (Å²) in [4.78, 5) is 2.00. The molecule has 5 heterocycles. The van der Waals surface area contributed by atoms with Crippen molar-refractivity contribution in [2.75, 3.05) is 54.5 Å². The number of nitrogens with zero attached hydrogens (tertiary/aromatic N) is 1. The minimum Gasteiger partial charge on any atom is -0.446 e. The number of methoxy groups -OCH3 is 1. The van der Waals surface area contributed by atoms with Gasteiger partial charge >= 0.3 is 34.6 Å². The highest BCUT2D eigenvalue weighted by molar-refractivity contribution is 7.97. The Morgan fingerprint density at radius 2 is 0.500 bits per heavy atom. The first kappa shape index (κ1) is 85.7. The molecule has 6 N–H and O–H groups in total. The molecule has 0 saturated heterocycles. The second-order valence-electron chi connectivity index (χ2n) is 17.2. The Hall–Kier alpha value is -3.55. The van der Waals surface area contributed by atoms with Gasteiger partial charge in [0.15, 0.2) is 0 Å². The number of unbranched alkanes of at least 4 members (excludes halogenated alkanes) is 1. The molecule has 10 rings (SSSR count). The van der Waals surface area contributed by atoms with E-state index in [0.29, 0.717) is 0 Å². The maximum Gasteiger partial charge on any atom is 0.324 e. The molecule has 0 fully saturated rings. The van der Waals surface area contributed by atoms with E-state index in [1.807, 2.05) is 199 Å². The Morgan fingerprint density at radius 1 is 0.385 bits per heavy atom. The first-order valence-corrected chi connectivity index (χ1v) is 30.7. The zero-order valence-electron chi connectivity index (χ0n) is 52.6. The fourth-order valence-corrected chi connectivity index (χ4v) is 7.67. The van der Waals surface area contributed by atoms with E-state index in [-0.39, 0.29) is 48.6 Å². The van der Waals surface area contributed by atoms with Crippen molar-refractivity contribution in [1.29, 1.82) is 0 Å². The second kappa shape index (κ2) is 61.1. The number of rotatable bonds is 1. The summed E-state index contributed by atoms with van der Waals surface area (Å²) in [7, 11) is 9.25. The second-order valence-corrected chi connectivity index (χ2v) is 18.1. The summed E-state index contributed by atoms with van der Waals surface area (Å²) in [5.74, 6) is 0. The molecule has 0 atom stereocenters. The lowest BCUT2D eigenvalue weighted by atomic mass is 9.63. The van der Waals surface area contributed by atoms with E-state index < -0.39 is 0 Å². The Bertz CT molecular complexity index is 1700. The van der Waals surface area contributed by atoms with Crippen LogP contribution in [0.1, 0.15) is 138 Å². The monoisotopic (exact) mass is 1100 g/mol. The Balaban J connectivity index is -0.000000186. The molecule has 0 amide bonds. The molecule has 5 aromatic rings. The zero-order chi connectivity index (χ0) is 60.0. The summed E-state index contributed by atoms with van der Waals surface area (Å²) < 4.78 is 4.25. The van der Waals surface area contributed by atoms with Gasteiger partial charge in [0.1, 0.15) is 0 Å². The van der Waals surface area contributed by atoms with Gasteiger partial charge in [-0.15, -0.1) is 0 Å². The van der Waals surface area contributed by atoms with Gasteiger partial charge in [0, 0.05) is 20.8 Å². The molecular weight excluding hydrogens is 981 g/mol. The third-order valence-corrected chi connectivity index (χ3v) is 11.0. The summed E-state index contributed by atoms with van der Waals surface area (Å²) in [6, 6.07) is 40.5. The Labute approximate surface area is 488 Å². The minimum atomic E-state index is -0.198. The fraction of sp³-hybridized carbons (Fsp3) is 0.531. The van der Waals surface area contributed by atoms with Crippen LogP contribution in [0.3, 0.4) is 0 Å². The summed E-state index contributed by atoms with van der Waals surface area (Å²) in [6.45, 7) is 25.3. The topological polar surface area (TPSA) is 134 Å². The highest BCUT2D eigenvalue weighted by Gasteiger charge is 2.26. The van der Waals surface area contributed by atoms with Gasteiger partial charge in [0.05, 0.1) is 0 Å². The van der Waals surface area contributed by atoms with E-state index in [2.05, 4.69) is 48.9 Å². The number of aryl methyl sites for hydroxylation is 5. The molecule has 78 heavy (non-hydrogen) atoms. The van der Waals surface area contributed by atoms with Gasteiger partial charge in [-0.3, -0.25) is 0 Å². The van der Waals surface area contributed by atoms with Gasteiger partial charge < -0.3 is 39.9 Å². The van der Waals surface area contributed by atoms with Crippen molar-refractivity contribution in [2.24, 2.45) is 0 Å². The van der Waals surface area contributed by atoms with Gasteiger partial charge in [-0.2, -0.15) is 11.8 Å². The number of hydrogen-bond donors (Lipinski definition) is 6. The van der Waals surface area contributed by atoms with Gasteiger partial charge in [-0.05, 0) is 132 Å². The van der Waals surface area contributed by atoms with Crippen LogP contribution < -0.4 is 27.3 Å². The number of aliphatic hydroxyl groups excluding tert-OH is 1. The number of hydrogen-bond acceptors (Lipinski definition) is 9. The van der Waals surface area contributed by atoms with Crippen LogP contribution >= 0.6 is 11.8 Å². The van der Waals surface area contributed by atoms with Crippen molar-refractivity contribution in [2.45, 2.75) is 174 Å². The molecule has 5 aliphatic heterocycles.